The third-order valence-electron chi connectivity index (χ3n) is 7.31. The molecule has 5 aliphatic rings. The Labute approximate surface area is 138 Å². The summed E-state index contributed by atoms with van der Waals surface area (Å²) in [7, 11) is 0. The van der Waals surface area contributed by atoms with E-state index in [0.717, 1.165) is 30.7 Å². The number of rotatable bonds is 4. The van der Waals surface area contributed by atoms with Crippen molar-refractivity contribution < 1.29 is 20.4 Å². The summed E-state index contributed by atoms with van der Waals surface area (Å²) in [4.78, 5) is 2.00. The summed E-state index contributed by atoms with van der Waals surface area (Å²) in [5, 5.41) is 39.5. The first-order valence-corrected chi connectivity index (χ1v) is 9.39. The van der Waals surface area contributed by atoms with E-state index >= 15 is 0 Å². The van der Waals surface area contributed by atoms with Crippen molar-refractivity contribution >= 4 is 0 Å². The molecule has 0 amide bonds. The zero-order valence-electron chi connectivity index (χ0n) is 13.8. The maximum Gasteiger partial charge on any atom is 0.109 e. The molecule has 0 aromatic rings. The van der Waals surface area contributed by atoms with Crippen molar-refractivity contribution in [2.45, 2.75) is 69.3 Å². The van der Waals surface area contributed by atoms with Crippen LogP contribution in [0.5, 0.6) is 0 Å². The second-order valence-corrected chi connectivity index (χ2v) is 8.96. The number of piperidine rings is 1. The molecule has 0 aromatic heterocycles. The molecule has 5 heteroatoms. The van der Waals surface area contributed by atoms with Gasteiger partial charge in [-0.2, -0.15) is 0 Å². The Bertz CT molecular complexity index is 407. The van der Waals surface area contributed by atoms with Gasteiger partial charge in [-0.15, -0.1) is 0 Å². The van der Waals surface area contributed by atoms with E-state index < -0.39 is 24.4 Å². The second kappa shape index (κ2) is 5.95. The molecule has 0 radical (unpaired) electrons. The summed E-state index contributed by atoms with van der Waals surface area (Å²) in [5.41, 5.74) is 0.459. The minimum atomic E-state index is -1.15. The van der Waals surface area contributed by atoms with Crippen LogP contribution in [0, 0.1) is 23.2 Å². The number of likely N-dealkylation sites (tertiary alicyclic amines) is 1. The molecular weight excluding hydrogens is 294 g/mol. The molecule has 4 N–H and O–H groups in total. The van der Waals surface area contributed by atoms with Crippen LogP contribution in [0.2, 0.25) is 0 Å². The van der Waals surface area contributed by atoms with E-state index in [-0.39, 0.29) is 6.61 Å². The highest BCUT2D eigenvalue weighted by Gasteiger charge is 2.51. The van der Waals surface area contributed by atoms with Crippen LogP contribution in [-0.2, 0) is 0 Å². The van der Waals surface area contributed by atoms with Gasteiger partial charge >= 0.3 is 0 Å². The maximum absolute atomic E-state index is 10.1. The van der Waals surface area contributed by atoms with Crippen molar-refractivity contribution in [1.82, 2.24) is 4.90 Å². The van der Waals surface area contributed by atoms with Gasteiger partial charge in [0.1, 0.15) is 12.2 Å². The predicted octanol–water partition coefficient (Wildman–Crippen LogP) is 0.352. The Morgan fingerprint density at radius 1 is 0.870 bits per heavy atom. The van der Waals surface area contributed by atoms with Crippen molar-refractivity contribution in [2.24, 2.45) is 23.2 Å². The molecule has 5 fully saturated rings. The van der Waals surface area contributed by atoms with E-state index in [2.05, 4.69) is 0 Å². The molecule has 4 bridgehead atoms. The quantitative estimate of drug-likeness (QED) is 0.599. The molecule has 1 saturated heterocycles. The summed E-state index contributed by atoms with van der Waals surface area (Å²) in [6.45, 7) is 0.972. The van der Waals surface area contributed by atoms with Gasteiger partial charge in [-0.05, 0) is 74.7 Å². The fraction of sp³-hybridized carbons (Fsp3) is 1.00. The molecule has 4 aliphatic carbocycles. The number of aliphatic hydroxyl groups is 4. The Hall–Kier alpha value is -0.200. The molecule has 0 aromatic carbocycles. The lowest BCUT2D eigenvalue weighted by Gasteiger charge is -2.57. The standard InChI is InChI=1S/C18H31NO4/c20-10-14-16(22)17(23)15(21)9-19(14)2-1-18-6-11-3-12(7-18)5-13(4-11)8-18/h11-17,20-23H,1-10H2/t11?,12?,13?,14-,15+,16-,17-,18?/m1/s1. The average molecular weight is 325 g/mol. The first-order chi connectivity index (χ1) is 11.0. The summed E-state index contributed by atoms with van der Waals surface area (Å²) < 4.78 is 0. The molecule has 4 saturated carbocycles. The van der Waals surface area contributed by atoms with Gasteiger partial charge in [0.25, 0.3) is 0 Å². The van der Waals surface area contributed by atoms with Crippen LogP contribution in [0.25, 0.3) is 0 Å². The van der Waals surface area contributed by atoms with Crippen LogP contribution in [0.15, 0.2) is 0 Å². The van der Waals surface area contributed by atoms with Gasteiger partial charge in [0.05, 0.1) is 18.8 Å². The van der Waals surface area contributed by atoms with Crippen molar-refractivity contribution in [3.8, 4) is 0 Å². The van der Waals surface area contributed by atoms with E-state index in [1.165, 1.54) is 38.5 Å². The van der Waals surface area contributed by atoms with E-state index in [1.54, 1.807) is 0 Å². The molecular formula is C18H31NO4. The van der Waals surface area contributed by atoms with Crippen LogP contribution in [0.1, 0.15) is 44.9 Å². The summed E-state index contributed by atoms with van der Waals surface area (Å²) in [6, 6.07) is -0.456. The first kappa shape index (κ1) is 16.3. The smallest absolute Gasteiger partial charge is 0.109 e. The Morgan fingerprint density at radius 2 is 1.43 bits per heavy atom. The van der Waals surface area contributed by atoms with E-state index in [4.69, 9.17) is 0 Å². The minimum absolute atomic E-state index is 0.175. The van der Waals surface area contributed by atoms with Crippen molar-refractivity contribution in [3.05, 3.63) is 0 Å². The van der Waals surface area contributed by atoms with Gasteiger partial charge in [0.2, 0.25) is 0 Å². The van der Waals surface area contributed by atoms with E-state index in [0.29, 0.717) is 12.0 Å². The molecule has 0 unspecified atom stereocenters. The predicted molar refractivity (Wildman–Crippen MR) is 85.7 cm³/mol. The van der Waals surface area contributed by atoms with Crippen molar-refractivity contribution in [1.29, 1.82) is 0 Å². The molecule has 23 heavy (non-hydrogen) atoms. The number of β-amino-alcohol motifs (C(OH)–C–C–N with tert-alkyl or cyclic N) is 1. The van der Waals surface area contributed by atoms with Gasteiger partial charge in [0.15, 0.2) is 0 Å². The molecule has 1 aliphatic heterocycles. The van der Waals surface area contributed by atoms with Crippen LogP contribution < -0.4 is 0 Å². The molecule has 0 spiro atoms. The number of hydrogen-bond donors (Lipinski definition) is 4. The number of nitrogens with zero attached hydrogens (tertiary/aromatic N) is 1. The second-order valence-electron chi connectivity index (χ2n) is 8.96. The SMILES string of the molecule is OC[C@@H]1[C@@H](O)[C@H](O)[C@@H](O)CN1CCC12CC3CC(CC(C3)C1)C2. The Morgan fingerprint density at radius 3 is 1.96 bits per heavy atom. The van der Waals surface area contributed by atoms with E-state index in [1.807, 2.05) is 4.90 Å². The Kier molecular flexibility index (Phi) is 4.21. The minimum Gasteiger partial charge on any atom is -0.395 e. The molecule has 1 heterocycles. The van der Waals surface area contributed by atoms with Gasteiger partial charge in [0, 0.05) is 6.54 Å². The first-order valence-electron chi connectivity index (χ1n) is 9.39. The average Bonchev–Trinajstić information content (AvgIpc) is 2.49. The molecule has 5 rings (SSSR count). The van der Waals surface area contributed by atoms with Gasteiger partial charge in [-0.1, -0.05) is 0 Å². The lowest BCUT2D eigenvalue weighted by molar-refractivity contribution is -0.149. The lowest BCUT2D eigenvalue weighted by Crippen LogP contribution is -2.63. The van der Waals surface area contributed by atoms with Crippen LogP contribution in [-0.4, -0.2) is 69.4 Å². The van der Waals surface area contributed by atoms with Gasteiger partial charge in [-0.3, -0.25) is 4.90 Å². The maximum atomic E-state index is 10.1. The topological polar surface area (TPSA) is 84.2 Å². The van der Waals surface area contributed by atoms with Gasteiger partial charge in [-0.25, -0.2) is 0 Å². The normalized spacial score (nSPS) is 53.0. The van der Waals surface area contributed by atoms with Crippen LogP contribution >= 0.6 is 0 Å². The zero-order valence-corrected chi connectivity index (χ0v) is 13.8. The van der Waals surface area contributed by atoms with Crippen LogP contribution in [0.4, 0.5) is 0 Å². The van der Waals surface area contributed by atoms with Crippen LogP contribution in [0.3, 0.4) is 0 Å². The molecule has 4 atom stereocenters. The monoisotopic (exact) mass is 325 g/mol. The molecule has 5 nitrogen and oxygen atoms in total. The fourth-order valence-electron chi connectivity index (χ4n) is 6.61. The number of aliphatic hydroxyl groups excluding tert-OH is 4. The third kappa shape index (κ3) is 2.85. The highest BCUT2D eigenvalue weighted by Crippen LogP contribution is 2.61. The van der Waals surface area contributed by atoms with Crippen molar-refractivity contribution in [2.75, 3.05) is 19.7 Å². The highest BCUT2D eigenvalue weighted by atomic mass is 16.4. The van der Waals surface area contributed by atoms with Gasteiger partial charge < -0.3 is 20.4 Å². The fourth-order valence-corrected chi connectivity index (χ4v) is 6.61. The highest BCUT2D eigenvalue weighted by molar-refractivity contribution is 5.02. The third-order valence-corrected chi connectivity index (χ3v) is 7.31. The summed E-state index contributed by atoms with van der Waals surface area (Å²) >= 11 is 0. The Balaban J connectivity index is 1.42. The lowest BCUT2D eigenvalue weighted by atomic mass is 9.49. The van der Waals surface area contributed by atoms with E-state index in [9.17, 15) is 20.4 Å². The zero-order chi connectivity index (χ0) is 16.2. The van der Waals surface area contributed by atoms with Crippen molar-refractivity contribution in [3.63, 3.8) is 0 Å². The largest absolute Gasteiger partial charge is 0.395 e. The number of hydrogen-bond acceptors (Lipinski definition) is 5. The summed E-state index contributed by atoms with van der Waals surface area (Å²) in [6.07, 6.45) is 6.32. The molecule has 132 valence electrons. The summed E-state index contributed by atoms with van der Waals surface area (Å²) in [5.74, 6) is 2.78.